The van der Waals surface area contributed by atoms with Crippen LogP contribution in [0.3, 0.4) is 0 Å². The van der Waals surface area contributed by atoms with Gasteiger partial charge in [-0.1, -0.05) is 60.7 Å². The van der Waals surface area contributed by atoms with E-state index in [0.29, 0.717) is 11.0 Å². The molecule has 0 aliphatic heterocycles. The summed E-state index contributed by atoms with van der Waals surface area (Å²) >= 11 is 0. The second-order valence-electron chi connectivity index (χ2n) is 6.03. The average Bonchev–Trinajstić information content (AvgIpc) is 3.01. The molecular weight excluding hydrogens is 299 g/mol. The Labute approximate surface area is 137 Å². The number of benzene rings is 4. The first-order valence-electron chi connectivity index (χ1n) is 7.86. The van der Waals surface area contributed by atoms with Crippen LogP contribution in [0.2, 0.25) is 0 Å². The number of furan rings is 1. The van der Waals surface area contributed by atoms with Gasteiger partial charge < -0.3 is 14.5 Å². The third-order valence-electron chi connectivity index (χ3n) is 4.66. The Morgan fingerprint density at radius 2 is 1.38 bits per heavy atom. The summed E-state index contributed by atoms with van der Waals surface area (Å²) in [6.07, 6.45) is 0. The van der Waals surface area contributed by atoms with E-state index in [9.17, 15) is 10.0 Å². The molecule has 0 amide bonds. The van der Waals surface area contributed by atoms with Crippen molar-refractivity contribution in [1.29, 1.82) is 0 Å². The van der Waals surface area contributed by atoms with Crippen LogP contribution in [-0.4, -0.2) is 17.2 Å². The molecule has 114 valence electrons. The fourth-order valence-electron chi connectivity index (χ4n) is 3.60. The van der Waals surface area contributed by atoms with Gasteiger partial charge in [0, 0.05) is 16.2 Å². The summed E-state index contributed by atoms with van der Waals surface area (Å²) in [6, 6.07) is 21.9. The van der Waals surface area contributed by atoms with Gasteiger partial charge in [0.05, 0.1) is 0 Å². The Morgan fingerprint density at radius 3 is 2.12 bits per heavy atom. The van der Waals surface area contributed by atoms with Crippen LogP contribution in [0.4, 0.5) is 0 Å². The molecule has 0 spiro atoms. The Kier molecular flexibility index (Phi) is 2.74. The minimum atomic E-state index is -1.58. The molecule has 0 unspecified atom stereocenters. The molecule has 0 saturated carbocycles. The molecule has 5 aromatic rings. The number of hydrogen-bond acceptors (Lipinski definition) is 3. The Hall–Kier alpha value is -2.82. The van der Waals surface area contributed by atoms with Gasteiger partial charge >= 0.3 is 7.12 Å². The zero-order chi connectivity index (χ0) is 16.3. The van der Waals surface area contributed by atoms with Crippen molar-refractivity contribution in [2.45, 2.75) is 0 Å². The summed E-state index contributed by atoms with van der Waals surface area (Å²) in [4.78, 5) is 0. The minimum absolute atomic E-state index is 0.393. The van der Waals surface area contributed by atoms with E-state index in [4.69, 9.17) is 4.42 Å². The molecular formula is C20H13BO3. The largest absolute Gasteiger partial charge is 0.492 e. The molecule has 5 rings (SSSR count). The summed E-state index contributed by atoms with van der Waals surface area (Å²) in [6.45, 7) is 0. The molecule has 0 fully saturated rings. The first-order valence-corrected chi connectivity index (χ1v) is 7.86. The predicted molar refractivity (Wildman–Crippen MR) is 98.6 cm³/mol. The number of fused-ring (bicyclic) bond motifs is 7. The maximum atomic E-state index is 9.82. The summed E-state index contributed by atoms with van der Waals surface area (Å²) in [5.74, 6) is 0. The highest BCUT2D eigenvalue weighted by Crippen LogP contribution is 2.37. The lowest BCUT2D eigenvalue weighted by molar-refractivity contribution is 0.425. The van der Waals surface area contributed by atoms with E-state index < -0.39 is 7.12 Å². The topological polar surface area (TPSA) is 53.6 Å². The van der Waals surface area contributed by atoms with Gasteiger partial charge in [-0.25, -0.2) is 0 Å². The molecule has 0 radical (unpaired) electrons. The normalized spacial score (nSPS) is 11.8. The predicted octanol–water partition coefficient (Wildman–Crippen LogP) is 3.57. The van der Waals surface area contributed by atoms with E-state index in [0.717, 1.165) is 37.9 Å². The minimum Gasteiger partial charge on any atom is -0.456 e. The van der Waals surface area contributed by atoms with Gasteiger partial charge in [-0.05, 0) is 27.6 Å². The van der Waals surface area contributed by atoms with Gasteiger partial charge in [0.25, 0.3) is 0 Å². The van der Waals surface area contributed by atoms with Crippen molar-refractivity contribution in [1.82, 2.24) is 0 Å². The van der Waals surface area contributed by atoms with E-state index >= 15 is 0 Å². The van der Waals surface area contributed by atoms with E-state index in [1.54, 1.807) is 6.07 Å². The van der Waals surface area contributed by atoms with Crippen LogP contribution in [0.5, 0.6) is 0 Å². The molecule has 1 aromatic heterocycles. The molecule has 24 heavy (non-hydrogen) atoms. The number of hydrogen-bond donors (Lipinski definition) is 2. The Morgan fingerprint density at radius 1 is 0.708 bits per heavy atom. The first-order chi connectivity index (χ1) is 11.7. The maximum Gasteiger partial charge on any atom is 0.492 e. The zero-order valence-corrected chi connectivity index (χ0v) is 12.7. The molecule has 0 atom stereocenters. The highest BCUT2D eigenvalue weighted by atomic mass is 16.4. The van der Waals surface area contributed by atoms with Crippen LogP contribution < -0.4 is 5.46 Å². The van der Waals surface area contributed by atoms with Crippen LogP contribution in [0.25, 0.3) is 43.5 Å². The molecule has 0 aliphatic carbocycles. The van der Waals surface area contributed by atoms with Crippen LogP contribution in [0, 0.1) is 0 Å². The van der Waals surface area contributed by atoms with Crippen LogP contribution in [0.1, 0.15) is 0 Å². The van der Waals surface area contributed by atoms with Gasteiger partial charge in [-0.2, -0.15) is 0 Å². The van der Waals surface area contributed by atoms with Crippen molar-refractivity contribution in [2.75, 3.05) is 0 Å². The molecule has 3 nitrogen and oxygen atoms in total. The molecule has 0 saturated heterocycles. The SMILES string of the molecule is OB(O)c1cc2ccccc2c2c1oc1ccc3ccccc3c12. The quantitative estimate of drug-likeness (QED) is 0.465. The summed E-state index contributed by atoms with van der Waals surface area (Å²) in [5.41, 5.74) is 1.68. The number of rotatable bonds is 1. The van der Waals surface area contributed by atoms with Crippen LogP contribution >= 0.6 is 0 Å². The molecule has 0 aliphatic rings. The Bertz CT molecular complexity index is 1240. The third-order valence-corrected chi connectivity index (χ3v) is 4.66. The van der Waals surface area contributed by atoms with Crippen molar-refractivity contribution in [3.8, 4) is 0 Å². The van der Waals surface area contributed by atoms with Crippen molar-refractivity contribution in [2.24, 2.45) is 0 Å². The second-order valence-corrected chi connectivity index (χ2v) is 6.03. The van der Waals surface area contributed by atoms with Crippen LogP contribution in [0.15, 0.2) is 71.1 Å². The average molecular weight is 312 g/mol. The van der Waals surface area contributed by atoms with Gasteiger partial charge in [0.2, 0.25) is 0 Å². The molecule has 4 heteroatoms. The van der Waals surface area contributed by atoms with Crippen molar-refractivity contribution < 1.29 is 14.5 Å². The van der Waals surface area contributed by atoms with E-state index in [-0.39, 0.29) is 0 Å². The monoisotopic (exact) mass is 312 g/mol. The van der Waals surface area contributed by atoms with E-state index in [1.165, 1.54) is 0 Å². The summed E-state index contributed by atoms with van der Waals surface area (Å²) in [7, 11) is -1.58. The lowest BCUT2D eigenvalue weighted by Crippen LogP contribution is -2.30. The lowest BCUT2D eigenvalue weighted by atomic mass is 9.78. The van der Waals surface area contributed by atoms with Crippen molar-refractivity contribution in [3.63, 3.8) is 0 Å². The molecule has 0 bridgehead atoms. The molecule has 2 N–H and O–H groups in total. The first kappa shape index (κ1) is 13.6. The summed E-state index contributed by atoms with van der Waals surface area (Å²) < 4.78 is 6.04. The van der Waals surface area contributed by atoms with E-state index in [1.807, 2.05) is 48.5 Å². The Balaban J connectivity index is 2.15. The van der Waals surface area contributed by atoms with Crippen molar-refractivity contribution in [3.05, 3.63) is 66.7 Å². The molecule has 1 heterocycles. The van der Waals surface area contributed by atoms with Gasteiger partial charge in [0.15, 0.2) is 0 Å². The van der Waals surface area contributed by atoms with Gasteiger partial charge in [-0.15, -0.1) is 0 Å². The second kappa shape index (κ2) is 4.84. The molecule has 4 aromatic carbocycles. The smallest absolute Gasteiger partial charge is 0.456 e. The summed E-state index contributed by atoms with van der Waals surface area (Å²) in [5, 5.41) is 25.8. The van der Waals surface area contributed by atoms with Gasteiger partial charge in [0.1, 0.15) is 11.2 Å². The third kappa shape index (κ3) is 1.75. The maximum absolute atomic E-state index is 9.82. The fourth-order valence-corrected chi connectivity index (χ4v) is 3.60. The van der Waals surface area contributed by atoms with E-state index in [2.05, 4.69) is 12.1 Å². The lowest BCUT2D eigenvalue weighted by Gasteiger charge is -2.06. The fraction of sp³-hybridized carbons (Fsp3) is 0. The standard InChI is InChI=1S/C20H13BO3/c22-21(23)16-11-13-6-2-4-8-15(13)19-18-14-7-3-1-5-12(14)9-10-17(18)24-20(16)19/h1-11,22-23H. The highest BCUT2D eigenvalue weighted by Gasteiger charge is 2.22. The van der Waals surface area contributed by atoms with Gasteiger partial charge in [-0.3, -0.25) is 0 Å². The zero-order valence-electron chi connectivity index (χ0n) is 12.7. The van der Waals surface area contributed by atoms with Crippen LogP contribution in [-0.2, 0) is 0 Å². The highest BCUT2D eigenvalue weighted by molar-refractivity contribution is 6.62. The van der Waals surface area contributed by atoms with Crippen molar-refractivity contribution >= 4 is 56.1 Å².